The zero-order valence-electron chi connectivity index (χ0n) is 9.61. The van der Waals surface area contributed by atoms with E-state index in [-0.39, 0.29) is 11.2 Å². The van der Waals surface area contributed by atoms with Gasteiger partial charge in [-0.2, -0.15) is 0 Å². The third kappa shape index (κ3) is 3.20. The van der Waals surface area contributed by atoms with E-state index >= 15 is 0 Å². The lowest BCUT2D eigenvalue weighted by molar-refractivity contribution is 0.622. The maximum absolute atomic E-state index is 13.1. The van der Waals surface area contributed by atoms with Gasteiger partial charge in [0.05, 0.1) is 5.38 Å². The van der Waals surface area contributed by atoms with Crippen LogP contribution in [0.25, 0.3) is 0 Å². The van der Waals surface area contributed by atoms with Crippen LogP contribution in [0.15, 0.2) is 12.1 Å². The monoisotopic (exact) mass is 228 g/mol. The van der Waals surface area contributed by atoms with Crippen molar-refractivity contribution in [2.24, 2.45) is 0 Å². The van der Waals surface area contributed by atoms with Gasteiger partial charge in [-0.1, -0.05) is 19.8 Å². The molecular weight excluding hydrogens is 211 g/mol. The number of rotatable bonds is 4. The first-order valence-corrected chi connectivity index (χ1v) is 5.90. The highest BCUT2D eigenvalue weighted by Crippen LogP contribution is 2.31. The van der Waals surface area contributed by atoms with E-state index in [1.165, 1.54) is 0 Å². The zero-order valence-corrected chi connectivity index (χ0v) is 10.4. The lowest BCUT2D eigenvalue weighted by atomic mass is 9.97. The highest BCUT2D eigenvalue weighted by Gasteiger charge is 2.13. The molecule has 0 aliphatic heterocycles. The molecule has 0 spiro atoms. The van der Waals surface area contributed by atoms with Gasteiger partial charge in [0.1, 0.15) is 5.82 Å². The highest BCUT2D eigenvalue weighted by molar-refractivity contribution is 6.21. The molecule has 0 fully saturated rings. The van der Waals surface area contributed by atoms with Gasteiger partial charge in [0.15, 0.2) is 0 Å². The van der Waals surface area contributed by atoms with E-state index in [2.05, 4.69) is 6.92 Å². The van der Waals surface area contributed by atoms with Crippen LogP contribution in [0.3, 0.4) is 0 Å². The van der Waals surface area contributed by atoms with Gasteiger partial charge in [-0.25, -0.2) is 4.39 Å². The van der Waals surface area contributed by atoms with Crippen LogP contribution in [0.2, 0.25) is 0 Å². The average molecular weight is 229 g/mol. The summed E-state index contributed by atoms with van der Waals surface area (Å²) in [6.07, 6.45) is 3.22. The van der Waals surface area contributed by atoms with Gasteiger partial charge in [-0.3, -0.25) is 0 Å². The Kier molecular flexibility index (Phi) is 4.59. The molecule has 1 atom stereocenters. The molecule has 0 nitrogen and oxygen atoms in total. The molecule has 0 radical (unpaired) electrons. The highest BCUT2D eigenvalue weighted by atomic mass is 35.5. The van der Waals surface area contributed by atoms with Crippen molar-refractivity contribution in [2.45, 2.75) is 45.4 Å². The van der Waals surface area contributed by atoms with Crippen LogP contribution in [-0.4, -0.2) is 0 Å². The van der Waals surface area contributed by atoms with Crippen LogP contribution in [0, 0.1) is 19.7 Å². The fraction of sp³-hybridized carbons (Fsp3) is 0.538. The maximum Gasteiger partial charge on any atom is 0.123 e. The van der Waals surface area contributed by atoms with E-state index in [0.717, 1.165) is 36.0 Å². The third-order valence-corrected chi connectivity index (χ3v) is 3.12. The first-order chi connectivity index (χ1) is 7.06. The smallest absolute Gasteiger partial charge is 0.123 e. The fourth-order valence-corrected chi connectivity index (χ4v) is 2.44. The Bertz CT molecular complexity index is 310. The Morgan fingerprint density at radius 1 is 1.27 bits per heavy atom. The van der Waals surface area contributed by atoms with Gasteiger partial charge in [0, 0.05) is 0 Å². The molecule has 15 heavy (non-hydrogen) atoms. The van der Waals surface area contributed by atoms with Crippen LogP contribution in [0.5, 0.6) is 0 Å². The molecule has 1 unspecified atom stereocenters. The van der Waals surface area contributed by atoms with Crippen molar-refractivity contribution < 1.29 is 4.39 Å². The van der Waals surface area contributed by atoms with E-state index in [1.54, 1.807) is 12.1 Å². The lowest BCUT2D eigenvalue weighted by Crippen LogP contribution is -1.99. The normalized spacial score (nSPS) is 12.9. The number of benzene rings is 1. The molecule has 0 saturated carbocycles. The second-order valence-corrected chi connectivity index (χ2v) is 4.59. The largest absolute Gasteiger partial charge is 0.207 e. The van der Waals surface area contributed by atoms with E-state index in [9.17, 15) is 4.39 Å². The summed E-state index contributed by atoms with van der Waals surface area (Å²) >= 11 is 6.33. The Balaban J connectivity index is 2.92. The Labute approximate surface area is 96.5 Å². The Morgan fingerprint density at radius 2 is 1.80 bits per heavy atom. The van der Waals surface area contributed by atoms with E-state index in [0.29, 0.717) is 0 Å². The molecule has 1 rings (SSSR count). The summed E-state index contributed by atoms with van der Waals surface area (Å²) in [4.78, 5) is 0. The molecule has 0 saturated heterocycles. The molecule has 0 N–H and O–H groups in total. The first kappa shape index (κ1) is 12.5. The summed E-state index contributed by atoms with van der Waals surface area (Å²) in [5.74, 6) is -0.173. The standard InChI is InChI=1S/C13H18ClF/c1-4-5-6-12(14)13-9(2)7-11(15)8-10(13)3/h7-8,12H,4-6H2,1-3H3. The van der Waals surface area contributed by atoms with E-state index < -0.39 is 0 Å². The summed E-state index contributed by atoms with van der Waals surface area (Å²) in [6, 6.07) is 3.12. The van der Waals surface area contributed by atoms with Crippen LogP contribution < -0.4 is 0 Å². The molecule has 1 aromatic carbocycles. The van der Waals surface area contributed by atoms with Gasteiger partial charge in [-0.15, -0.1) is 11.6 Å². The minimum atomic E-state index is -0.173. The number of aryl methyl sites for hydroxylation is 2. The van der Waals surface area contributed by atoms with Crippen molar-refractivity contribution in [3.63, 3.8) is 0 Å². The minimum Gasteiger partial charge on any atom is -0.207 e. The second kappa shape index (κ2) is 5.50. The van der Waals surface area contributed by atoms with Crippen LogP contribution in [-0.2, 0) is 0 Å². The van der Waals surface area contributed by atoms with E-state index in [4.69, 9.17) is 11.6 Å². The van der Waals surface area contributed by atoms with Crippen LogP contribution in [0.4, 0.5) is 4.39 Å². The van der Waals surface area contributed by atoms with Crippen molar-refractivity contribution >= 4 is 11.6 Å². The second-order valence-electron chi connectivity index (χ2n) is 4.06. The summed E-state index contributed by atoms with van der Waals surface area (Å²) in [7, 11) is 0. The van der Waals surface area contributed by atoms with Crippen molar-refractivity contribution in [2.75, 3.05) is 0 Å². The molecule has 84 valence electrons. The first-order valence-electron chi connectivity index (χ1n) is 5.47. The predicted octanol–water partition coefficient (Wildman–Crippen LogP) is 4.91. The molecule has 0 aromatic heterocycles. The van der Waals surface area contributed by atoms with Crippen LogP contribution in [0.1, 0.15) is 48.3 Å². The van der Waals surface area contributed by atoms with Gasteiger partial charge < -0.3 is 0 Å². The van der Waals surface area contributed by atoms with Gasteiger partial charge in [0.25, 0.3) is 0 Å². The molecule has 1 aromatic rings. The predicted molar refractivity (Wildman–Crippen MR) is 64.0 cm³/mol. The number of unbranched alkanes of at least 4 members (excludes halogenated alkanes) is 1. The van der Waals surface area contributed by atoms with Gasteiger partial charge in [0.2, 0.25) is 0 Å². The zero-order chi connectivity index (χ0) is 11.4. The SMILES string of the molecule is CCCCC(Cl)c1c(C)cc(F)cc1C. The fourth-order valence-electron chi connectivity index (χ4n) is 1.94. The maximum atomic E-state index is 13.1. The van der Waals surface area contributed by atoms with E-state index in [1.807, 2.05) is 13.8 Å². The quantitative estimate of drug-likeness (QED) is 0.643. The van der Waals surface area contributed by atoms with Crippen molar-refractivity contribution in [3.05, 3.63) is 34.6 Å². The Morgan fingerprint density at radius 3 is 2.27 bits per heavy atom. The van der Waals surface area contributed by atoms with Crippen molar-refractivity contribution in [1.82, 2.24) is 0 Å². The van der Waals surface area contributed by atoms with Gasteiger partial charge in [-0.05, 0) is 49.1 Å². The minimum absolute atomic E-state index is 0.0190. The number of alkyl halides is 1. The van der Waals surface area contributed by atoms with Gasteiger partial charge >= 0.3 is 0 Å². The average Bonchev–Trinajstić information content (AvgIpc) is 2.12. The van der Waals surface area contributed by atoms with Crippen molar-refractivity contribution in [3.8, 4) is 0 Å². The molecule has 0 bridgehead atoms. The third-order valence-electron chi connectivity index (χ3n) is 2.68. The molecule has 2 heteroatoms. The summed E-state index contributed by atoms with van der Waals surface area (Å²) < 4.78 is 13.1. The molecule has 0 amide bonds. The van der Waals surface area contributed by atoms with Crippen LogP contribution >= 0.6 is 11.6 Å². The lowest BCUT2D eigenvalue weighted by Gasteiger charge is -2.15. The number of hydrogen-bond acceptors (Lipinski definition) is 0. The molecular formula is C13H18ClF. The summed E-state index contributed by atoms with van der Waals surface area (Å²) in [5.41, 5.74) is 3.03. The molecule has 0 aliphatic rings. The topological polar surface area (TPSA) is 0 Å². The number of halogens is 2. The molecule has 0 heterocycles. The van der Waals surface area contributed by atoms with Crippen molar-refractivity contribution in [1.29, 1.82) is 0 Å². The molecule has 0 aliphatic carbocycles. The Hall–Kier alpha value is -0.560. The number of hydrogen-bond donors (Lipinski definition) is 0. The summed E-state index contributed by atoms with van der Waals surface area (Å²) in [5, 5.41) is 0.0190. The summed E-state index contributed by atoms with van der Waals surface area (Å²) in [6.45, 7) is 5.99.